The molecule has 162 valence electrons. The topological polar surface area (TPSA) is 132 Å². The fraction of sp³-hybridized carbons (Fsp3) is 0.412. The number of ether oxygens (including phenoxy) is 1. The Hall–Kier alpha value is -1.92. The van der Waals surface area contributed by atoms with E-state index in [1.807, 2.05) is 0 Å². The van der Waals surface area contributed by atoms with Gasteiger partial charge in [-0.2, -0.15) is 0 Å². The Morgan fingerprint density at radius 1 is 1.50 bits per heavy atom. The zero-order valence-electron chi connectivity index (χ0n) is 16.5. The van der Waals surface area contributed by atoms with Crippen molar-refractivity contribution in [3.8, 4) is 5.75 Å². The normalized spacial score (nSPS) is 36.1. The van der Waals surface area contributed by atoms with E-state index in [-0.39, 0.29) is 17.1 Å². The standard InChI is InChI=1S/C17H18FN2O8PS/c1-9-3-2-4-10-7-25-29(24,28-13(9)10)26-8-17(18)14(23)12(22)15(27-17)20-6-5-11(21)19-16(20)30/h2-6,12,14-15,22-23H,7-8H2,1H3,(H,19,21,30)/t12-,14+,15-,17-,29?/m1/s1/i15D. The highest BCUT2D eigenvalue weighted by Crippen LogP contribution is 2.56. The van der Waals surface area contributed by atoms with Crippen LogP contribution in [0.5, 0.6) is 5.75 Å². The molecular formula is C17H18FN2O8PS. The van der Waals surface area contributed by atoms with Gasteiger partial charge in [-0.05, 0) is 24.7 Å². The zero-order chi connectivity index (χ0) is 22.6. The van der Waals surface area contributed by atoms with Gasteiger partial charge in [0.1, 0.15) is 24.6 Å². The number of aliphatic hydroxyl groups is 2. The number of phosphoric ester groups is 1. The molecule has 2 aliphatic rings. The summed E-state index contributed by atoms with van der Waals surface area (Å²) in [5.41, 5.74) is 0.688. The molecule has 3 N–H and O–H groups in total. The van der Waals surface area contributed by atoms with Gasteiger partial charge in [0.05, 0.1) is 7.98 Å². The first-order valence-electron chi connectivity index (χ1n) is 9.22. The number of aromatic amines is 1. The highest BCUT2D eigenvalue weighted by Gasteiger charge is 2.57. The maximum atomic E-state index is 15.4. The molecule has 0 bridgehead atoms. The van der Waals surface area contributed by atoms with Crippen LogP contribution in [-0.4, -0.2) is 44.4 Å². The molecule has 30 heavy (non-hydrogen) atoms. The highest BCUT2D eigenvalue weighted by atomic mass is 32.1. The Balaban J connectivity index is 1.56. The van der Waals surface area contributed by atoms with E-state index in [1.165, 1.54) is 0 Å². The minimum Gasteiger partial charge on any atom is -0.403 e. The largest absolute Gasteiger partial charge is 0.530 e. The van der Waals surface area contributed by atoms with Gasteiger partial charge in [-0.15, -0.1) is 0 Å². The molecule has 1 aromatic carbocycles. The van der Waals surface area contributed by atoms with Crippen LogP contribution in [0.3, 0.4) is 0 Å². The number of halogens is 1. The number of aryl methyl sites for hydroxylation is 1. The molecule has 1 saturated heterocycles. The van der Waals surface area contributed by atoms with Crippen LogP contribution in [0.25, 0.3) is 0 Å². The van der Waals surface area contributed by atoms with Gasteiger partial charge in [-0.3, -0.25) is 23.4 Å². The van der Waals surface area contributed by atoms with E-state index in [0.717, 1.165) is 16.8 Å². The number of para-hydroxylation sites is 1. The van der Waals surface area contributed by atoms with E-state index in [2.05, 4.69) is 4.98 Å². The second-order valence-corrected chi connectivity index (χ2v) is 8.72. The number of fused-ring (bicyclic) bond motifs is 1. The summed E-state index contributed by atoms with van der Waals surface area (Å²) < 4.78 is 57.5. The SMILES string of the molecule is [2H][C@@]1(n2ccc(=O)[nH]c2=S)O[C@](F)(COP2(=O)OCc3cccc(C)c3O2)[C@@H](O)[C@H]1O. The van der Waals surface area contributed by atoms with Crippen LogP contribution in [0.1, 0.15) is 18.7 Å². The van der Waals surface area contributed by atoms with Gasteiger partial charge in [-0.1, -0.05) is 18.2 Å². The predicted molar refractivity (Wildman–Crippen MR) is 102 cm³/mol. The molecule has 10 nitrogen and oxygen atoms in total. The third-order valence-electron chi connectivity index (χ3n) is 4.62. The number of alkyl halides is 1. The summed E-state index contributed by atoms with van der Waals surface area (Å²) in [4.78, 5) is 13.6. The summed E-state index contributed by atoms with van der Waals surface area (Å²) in [5, 5.41) is 20.6. The van der Waals surface area contributed by atoms with Crippen molar-refractivity contribution in [1.29, 1.82) is 0 Å². The van der Waals surface area contributed by atoms with Gasteiger partial charge in [0.15, 0.2) is 11.0 Å². The summed E-state index contributed by atoms with van der Waals surface area (Å²) in [7, 11) is -4.29. The fourth-order valence-electron chi connectivity index (χ4n) is 3.04. The van der Waals surface area contributed by atoms with Crippen LogP contribution in [0.15, 0.2) is 35.3 Å². The van der Waals surface area contributed by atoms with Crippen LogP contribution in [0.2, 0.25) is 0 Å². The van der Waals surface area contributed by atoms with E-state index < -0.39 is 44.3 Å². The first-order valence-corrected chi connectivity index (χ1v) is 10.6. The number of rotatable bonds is 4. The minimum atomic E-state index is -4.29. The van der Waals surface area contributed by atoms with Crippen molar-refractivity contribution in [3.05, 3.63) is 56.7 Å². The van der Waals surface area contributed by atoms with Crippen molar-refractivity contribution in [1.82, 2.24) is 9.55 Å². The molecular weight excluding hydrogens is 442 g/mol. The molecule has 1 aromatic heterocycles. The summed E-state index contributed by atoms with van der Waals surface area (Å²) in [5.74, 6) is -2.91. The number of aromatic nitrogens is 2. The van der Waals surface area contributed by atoms with Gasteiger partial charge in [-0.25, -0.2) is 8.96 Å². The molecule has 0 radical (unpaired) electrons. The van der Waals surface area contributed by atoms with Crippen LogP contribution < -0.4 is 10.1 Å². The van der Waals surface area contributed by atoms with E-state index in [0.29, 0.717) is 11.1 Å². The number of aliphatic hydroxyl groups excluding tert-OH is 2. The van der Waals surface area contributed by atoms with Gasteiger partial charge in [0, 0.05) is 17.8 Å². The van der Waals surface area contributed by atoms with Crippen molar-refractivity contribution >= 4 is 20.0 Å². The van der Waals surface area contributed by atoms with Crippen molar-refractivity contribution in [2.75, 3.05) is 6.61 Å². The number of benzene rings is 1. The molecule has 0 saturated carbocycles. The molecule has 2 aromatic rings. The molecule has 0 spiro atoms. The number of H-pyrrole nitrogens is 1. The predicted octanol–water partition coefficient (Wildman–Crippen LogP) is 1.86. The van der Waals surface area contributed by atoms with Crippen molar-refractivity contribution in [2.24, 2.45) is 0 Å². The van der Waals surface area contributed by atoms with E-state index in [4.69, 9.17) is 31.9 Å². The van der Waals surface area contributed by atoms with Crippen molar-refractivity contribution < 1.29 is 38.8 Å². The smallest absolute Gasteiger partial charge is 0.403 e. The third kappa shape index (κ3) is 3.76. The van der Waals surface area contributed by atoms with Crippen LogP contribution in [0.4, 0.5) is 4.39 Å². The molecule has 1 unspecified atom stereocenters. The van der Waals surface area contributed by atoms with E-state index >= 15 is 4.39 Å². The molecule has 4 rings (SSSR count). The number of phosphoric acid groups is 1. The third-order valence-corrected chi connectivity index (χ3v) is 6.22. The lowest BCUT2D eigenvalue weighted by Crippen LogP contribution is -2.43. The number of hydrogen-bond donors (Lipinski definition) is 3. The van der Waals surface area contributed by atoms with Crippen molar-refractivity contribution in [2.45, 2.75) is 37.8 Å². The zero-order valence-corrected chi connectivity index (χ0v) is 17.2. The Morgan fingerprint density at radius 2 is 2.27 bits per heavy atom. The fourth-order valence-corrected chi connectivity index (χ4v) is 4.59. The average molecular weight is 461 g/mol. The van der Waals surface area contributed by atoms with Gasteiger partial charge >= 0.3 is 7.82 Å². The maximum Gasteiger partial charge on any atom is 0.530 e. The van der Waals surface area contributed by atoms with E-state index in [1.54, 1.807) is 25.1 Å². The quantitative estimate of drug-likeness (QED) is 0.461. The van der Waals surface area contributed by atoms with Crippen LogP contribution in [0, 0.1) is 11.7 Å². The van der Waals surface area contributed by atoms with E-state index in [9.17, 15) is 19.6 Å². The minimum absolute atomic E-state index is 0.117. The average Bonchev–Trinajstić information content (AvgIpc) is 2.88. The van der Waals surface area contributed by atoms with Crippen LogP contribution >= 0.6 is 20.0 Å². The van der Waals surface area contributed by atoms with Crippen molar-refractivity contribution in [3.63, 3.8) is 0 Å². The molecule has 0 amide bonds. The highest BCUT2D eigenvalue weighted by molar-refractivity contribution is 7.71. The molecule has 3 heterocycles. The Kier molecular flexibility index (Phi) is 5.10. The second-order valence-electron chi connectivity index (χ2n) is 6.74. The molecule has 2 aliphatic heterocycles. The number of nitrogens with one attached hydrogen (secondary N) is 1. The van der Waals surface area contributed by atoms with Gasteiger partial charge in [0.2, 0.25) is 0 Å². The second kappa shape index (κ2) is 7.65. The summed E-state index contributed by atoms with van der Waals surface area (Å²) in [6.07, 6.45) is -6.07. The molecule has 1 fully saturated rings. The maximum absolute atomic E-state index is 15.4. The number of hydrogen-bond acceptors (Lipinski definition) is 9. The lowest BCUT2D eigenvalue weighted by atomic mass is 10.1. The summed E-state index contributed by atoms with van der Waals surface area (Å²) >= 11 is 4.93. The summed E-state index contributed by atoms with van der Waals surface area (Å²) in [6.45, 7) is 0.406. The molecule has 0 aliphatic carbocycles. The Bertz CT molecular complexity index is 1190. The lowest BCUT2D eigenvalue weighted by molar-refractivity contribution is -0.205. The first-order chi connectivity index (χ1) is 14.5. The monoisotopic (exact) mass is 461 g/mol. The van der Waals surface area contributed by atoms with Crippen LogP contribution in [-0.2, 0) is 25.0 Å². The molecule has 13 heteroatoms. The first kappa shape index (κ1) is 20.0. The Labute approximate surface area is 175 Å². The lowest BCUT2D eigenvalue weighted by Gasteiger charge is -2.29. The van der Waals surface area contributed by atoms with Gasteiger partial charge in [0.25, 0.3) is 11.4 Å². The molecule has 5 atom stereocenters. The van der Waals surface area contributed by atoms with Gasteiger partial charge < -0.3 is 19.5 Å². The Morgan fingerprint density at radius 3 is 3.00 bits per heavy atom. The number of nitrogens with zero attached hydrogens (tertiary/aromatic N) is 1. The summed E-state index contributed by atoms with van der Waals surface area (Å²) in [6, 6.07) is 6.15.